The number of anilines is 1. The quantitative estimate of drug-likeness (QED) is 0.406. The third-order valence-corrected chi connectivity index (χ3v) is 7.23. The molecule has 2 heterocycles. The highest BCUT2D eigenvalue weighted by atomic mass is 19.1. The first-order chi connectivity index (χ1) is 19.5. The molecule has 0 aromatic heterocycles. The summed E-state index contributed by atoms with van der Waals surface area (Å²) in [5, 5.41) is 5.67. The maximum atomic E-state index is 14.6. The summed E-state index contributed by atoms with van der Waals surface area (Å²) in [5.41, 5.74) is 4.54. The lowest BCUT2D eigenvalue weighted by molar-refractivity contribution is -0.130. The van der Waals surface area contributed by atoms with E-state index in [1.807, 2.05) is 48.5 Å². The van der Waals surface area contributed by atoms with Gasteiger partial charge in [0, 0.05) is 61.5 Å². The van der Waals surface area contributed by atoms with E-state index in [1.165, 1.54) is 11.0 Å². The van der Waals surface area contributed by atoms with Crippen molar-refractivity contribution >= 4 is 23.4 Å². The van der Waals surface area contributed by atoms with Gasteiger partial charge in [-0.2, -0.15) is 0 Å². The summed E-state index contributed by atoms with van der Waals surface area (Å²) in [4.78, 5) is 41.5. The number of rotatable bonds is 10. The number of amides is 3. The third kappa shape index (κ3) is 6.91. The van der Waals surface area contributed by atoms with E-state index >= 15 is 0 Å². The number of imide groups is 1. The molecule has 3 aromatic rings. The average molecular weight is 545 g/mol. The molecular weight excluding hydrogens is 511 g/mol. The molecule has 1 saturated heterocycles. The Balaban J connectivity index is 1.16. The molecule has 0 radical (unpaired) electrons. The van der Waals surface area contributed by atoms with Crippen LogP contribution in [0.15, 0.2) is 66.7 Å². The Hall–Kier alpha value is -4.08. The van der Waals surface area contributed by atoms with Crippen LogP contribution in [-0.2, 0) is 40.4 Å². The van der Waals surface area contributed by atoms with Crippen molar-refractivity contribution in [2.24, 2.45) is 0 Å². The van der Waals surface area contributed by atoms with Crippen molar-refractivity contribution in [2.45, 2.75) is 32.5 Å². The zero-order valence-corrected chi connectivity index (χ0v) is 22.3. The van der Waals surface area contributed by atoms with Crippen LogP contribution in [0.5, 0.6) is 0 Å². The Labute approximate surface area is 233 Å². The summed E-state index contributed by atoms with van der Waals surface area (Å²) in [6.45, 7) is 4.11. The van der Waals surface area contributed by atoms with E-state index in [0.29, 0.717) is 36.4 Å². The topological polar surface area (TPSA) is 91.0 Å². The summed E-state index contributed by atoms with van der Waals surface area (Å²) in [7, 11) is 0. The van der Waals surface area contributed by atoms with Gasteiger partial charge < -0.3 is 15.0 Å². The third-order valence-electron chi connectivity index (χ3n) is 7.23. The number of fused-ring (bicyclic) bond motifs is 1. The number of ether oxygens (including phenoxy) is 1. The van der Waals surface area contributed by atoms with Crippen LogP contribution in [0.2, 0.25) is 0 Å². The summed E-state index contributed by atoms with van der Waals surface area (Å²) in [6.07, 6.45) is 0.710. The SMILES string of the molecule is O=C(CCc1ccccc1)NC(=O)CN1Cc2c(NCc3cc(CN4CCOCC4)ccc3F)cccc2C1=O. The van der Waals surface area contributed by atoms with Crippen molar-refractivity contribution in [3.8, 4) is 0 Å². The number of aryl methyl sites for hydroxylation is 1. The van der Waals surface area contributed by atoms with E-state index in [4.69, 9.17) is 4.74 Å². The van der Waals surface area contributed by atoms with Gasteiger partial charge in [-0.25, -0.2) is 4.39 Å². The van der Waals surface area contributed by atoms with Gasteiger partial charge in [0.1, 0.15) is 12.4 Å². The lowest BCUT2D eigenvalue weighted by Crippen LogP contribution is -2.40. The largest absolute Gasteiger partial charge is 0.381 e. The number of benzene rings is 3. The molecule has 3 aromatic carbocycles. The fourth-order valence-electron chi connectivity index (χ4n) is 5.09. The summed E-state index contributed by atoms with van der Waals surface area (Å²) in [5.74, 6) is -1.47. The fourth-order valence-corrected chi connectivity index (χ4v) is 5.09. The minimum Gasteiger partial charge on any atom is -0.381 e. The molecule has 8 nitrogen and oxygen atoms in total. The highest BCUT2D eigenvalue weighted by Crippen LogP contribution is 2.30. The Bertz CT molecular complexity index is 1380. The minimum atomic E-state index is -0.520. The molecule has 0 bridgehead atoms. The number of halogens is 1. The van der Waals surface area contributed by atoms with Crippen LogP contribution in [0.1, 0.15) is 39.0 Å². The molecule has 0 saturated carbocycles. The first kappa shape index (κ1) is 27.5. The van der Waals surface area contributed by atoms with E-state index in [9.17, 15) is 18.8 Å². The molecule has 1 fully saturated rings. The van der Waals surface area contributed by atoms with Gasteiger partial charge >= 0.3 is 0 Å². The van der Waals surface area contributed by atoms with Gasteiger partial charge in [0.15, 0.2) is 0 Å². The molecule has 208 valence electrons. The molecule has 9 heteroatoms. The van der Waals surface area contributed by atoms with Crippen LogP contribution in [-0.4, -0.2) is 60.4 Å². The molecule has 0 spiro atoms. The lowest BCUT2D eigenvalue weighted by atomic mass is 10.1. The van der Waals surface area contributed by atoms with Crippen molar-refractivity contribution in [1.29, 1.82) is 0 Å². The second kappa shape index (κ2) is 12.8. The molecule has 0 unspecified atom stereocenters. The molecule has 0 atom stereocenters. The summed E-state index contributed by atoms with van der Waals surface area (Å²) in [6, 6.07) is 20.1. The predicted octanol–water partition coefficient (Wildman–Crippen LogP) is 3.50. The number of carbonyl (C=O) groups is 3. The van der Waals surface area contributed by atoms with Gasteiger partial charge in [-0.1, -0.05) is 42.5 Å². The van der Waals surface area contributed by atoms with Crippen LogP contribution >= 0.6 is 0 Å². The number of hydrogen-bond acceptors (Lipinski definition) is 6. The Morgan fingerprint density at radius 2 is 1.73 bits per heavy atom. The number of morpholine rings is 1. The maximum absolute atomic E-state index is 14.6. The molecule has 40 heavy (non-hydrogen) atoms. The average Bonchev–Trinajstić information content (AvgIpc) is 3.28. The van der Waals surface area contributed by atoms with Crippen molar-refractivity contribution < 1.29 is 23.5 Å². The van der Waals surface area contributed by atoms with Crippen molar-refractivity contribution in [3.63, 3.8) is 0 Å². The Morgan fingerprint density at radius 1 is 0.925 bits per heavy atom. The first-order valence-corrected chi connectivity index (χ1v) is 13.6. The van der Waals surface area contributed by atoms with E-state index in [2.05, 4.69) is 15.5 Å². The lowest BCUT2D eigenvalue weighted by Gasteiger charge is -2.26. The molecule has 0 aliphatic carbocycles. The number of nitrogens with one attached hydrogen (secondary N) is 2. The highest BCUT2D eigenvalue weighted by Gasteiger charge is 2.31. The molecule has 2 aliphatic heterocycles. The van der Waals surface area contributed by atoms with Gasteiger partial charge in [0.25, 0.3) is 5.91 Å². The van der Waals surface area contributed by atoms with E-state index in [1.54, 1.807) is 12.1 Å². The zero-order chi connectivity index (χ0) is 27.9. The fraction of sp³-hybridized carbons (Fsp3) is 0.323. The number of carbonyl (C=O) groups excluding carboxylic acids is 3. The van der Waals surface area contributed by atoms with E-state index in [-0.39, 0.29) is 43.7 Å². The second-order valence-corrected chi connectivity index (χ2v) is 10.1. The number of hydrogen-bond donors (Lipinski definition) is 2. The zero-order valence-electron chi connectivity index (χ0n) is 22.3. The van der Waals surface area contributed by atoms with E-state index < -0.39 is 5.91 Å². The van der Waals surface area contributed by atoms with Gasteiger partial charge in [0.05, 0.1) is 13.2 Å². The smallest absolute Gasteiger partial charge is 0.255 e. The molecule has 2 aliphatic rings. The van der Waals surface area contributed by atoms with Crippen LogP contribution in [0.25, 0.3) is 0 Å². The Morgan fingerprint density at radius 3 is 2.52 bits per heavy atom. The molecule has 2 N–H and O–H groups in total. The molecular formula is C31H33FN4O4. The predicted molar refractivity (Wildman–Crippen MR) is 149 cm³/mol. The highest BCUT2D eigenvalue weighted by molar-refractivity contribution is 6.03. The summed E-state index contributed by atoms with van der Waals surface area (Å²) < 4.78 is 20.0. The van der Waals surface area contributed by atoms with Crippen LogP contribution in [0, 0.1) is 5.82 Å². The normalized spacial score (nSPS) is 15.1. The van der Waals surface area contributed by atoms with Gasteiger partial charge in [-0.05, 0) is 41.8 Å². The first-order valence-electron chi connectivity index (χ1n) is 13.6. The van der Waals surface area contributed by atoms with Gasteiger partial charge in [0.2, 0.25) is 11.8 Å². The standard InChI is InChI=1S/C31H33FN4O4/c32-27-11-9-23(19-35-13-15-40-16-14-35)17-24(27)18-33-28-8-4-7-25-26(28)20-36(31(25)39)21-30(38)34-29(37)12-10-22-5-2-1-3-6-22/h1-9,11,17,33H,10,12-16,18-21H2,(H,34,37,38). The number of nitrogens with zero attached hydrogens (tertiary/aromatic N) is 2. The van der Waals surface area contributed by atoms with Crippen LogP contribution < -0.4 is 10.6 Å². The van der Waals surface area contributed by atoms with E-state index in [0.717, 1.165) is 36.3 Å². The minimum absolute atomic E-state index is 0.183. The molecule has 3 amide bonds. The van der Waals surface area contributed by atoms with Crippen LogP contribution in [0.4, 0.5) is 10.1 Å². The van der Waals surface area contributed by atoms with Gasteiger partial charge in [-0.3, -0.25) is 24.6 Å². The van der Waals surface area contributed by atoms with Crippen molar-refractivity contribution in [3.05, 3.63) is 100 Å². The van der Waals surface area contributed by atoms with Crippen LogP contribution in [0.3, 0.4) is 0 Å². The van der Waals surface area contributed by atoms with Crippen molar-refractivity contribution in [2.75, 3.05) is 38.2 Å². The summed E-state index contributed by atoms with van der Waals surface area (Å²) >= 11 is 0. The Kier molecular flexibility index (Phi) is 8.83. The second-order valence-electron chi connectivity index (χ2n) is 10.1. The van der Waals surface area contributed by atoms with Gasteiger partial charge in [-0.15, -0.1) is 0 Å². The monoisotopic (exact) mass is 544 g/mol. The maximum Gasteiger partial charge on any atom is 0.255 e. The molecule has 5 rings (SSSR count). The van der Waals surface area contributed by atoms with Crippen molar-refractivity contribution in [1.82, 2.24) is 15.1 Å².